The molecule has 0 radical (unpaired) electrons. The molecule has 0 saturated carbocycles. The van der Waals surface area contributed by atoms with Gasteiger partial charge in [-0.3, -0.25) is 19.7 Å². The van der Waals surface area contributed by atoms with Crippen molar-refractivity contribution in [2.45, 2.75) is 0 Å². The monoisotopic (exact) mass is 194 g/mol. The van der Waals surface area contributed by atoms with E-state index in [1.807, 2.05) is 0 Å². The fourth-order valence-corrected chi connectivity index (χ4v) is 0.958. The number of ketones is 1. The van der Waals surface area contributed by atoms with Gasteiger partial charge in [0.25, 0.3) is 17.4 Å². The number of amides is 1. The standard InChI is InChI=1S/C8H6N2O4/c9-8(12)7(11)5-3-1-2-4-6(5)10(13)14/h1-4H,(H2,9,12). The van der Waals surface area contributed by atoms with Gasteiger partial charge in [0.05, 0.1) is 4.92 Å². The number of primary amides is 1. The smallest absolute Gasteiger partial charge is 0.290 e. The summed E-state index contributed by atoms with van der Waals surface area (Å²) in [4.78, 5) is 31.3. The molecule has 0 aliphatic rings. The van der Waals surface area contributed by atoms with Crippen LogP contribution in [-0.4, -0.2) is 16.6 Å². The van der Waals surface area contributed by atoms with Gasteiger partial charge in [0.1, 0.15) is 5.56 Å². The Morgan fingerprint density at radius 2 is 1.86 bits per heavy atom. The summed E-state index contributed by atoms with van der Waals surface area (Å²) in [7, 11) is 0. The van der Waals surface area contributed by atoms with Gasteiger partial charge >= 0.3 is 0 Å². The summed E-state index contributed by atoms with van der Waals surface area (Å²) in [6.07, 6.45) is 0. The third kappa shape index (κ3) is 1.74. The number of rotatable bonds is 3. The number of hydrogen-bond donors (Lipinski definition) is 1. The van der Waals surface area contributed by atoms with Crippen molar-refractivity contribution < 1.29 is 14.5 Å². The predicted molar refractivity (Wildman–Crippen MR) is 46.6 cm³/mol. The van der Waals surface area contributed by atoms with Crippen LogP contribution in [0.15, 0.2) is 24.3 Å². The quantitative estimate of drug-likeness (QED) is 0.322. The number of carbonyl (C=O) groups is 2. The Balaban J connectivity index is 3.27. The largest absolute Gasteiger partial charge is 0.363 e. The van der Waals surface area contributed by atoms with Crippen LogP contribution < -0.4 is 5.73 Å². The molecule has 1 amide bonds. The number of para-hydroxylation sites is 1. The van der Waals surface area contributed by atoms with Crippen LogP contribution in [-0.2, 0) is 4.79 Å². The average Bonchev–Trinajstić information content (AvgIpc) is 2.16. The molecule has 0 spiro atoms. The number of Topliss-reactive ketones (excluding diaryl/α,β-unsaturated/α-hetero) is 1. The summed E-state index contributed by atoms with van der Waals surface area (Å²) in [5.41, 5.74) is 4.02. The highest BCUT2D eigenvalue weighted by Crippen LogP contribution is 2.17. The summed E-state index contributed by atoms with van der Waals surface area (Å²) < 4.78 is 0. The molecule has 0 aliphatic heterocycles. The molecule has 0 heterocycles. The van der Waals surface area contributed by atoms with E-state index in [0.717, 1.165) is 6.07 Å². The summed E-state index contributed by atoms with van der Waals surface area (Å²) in [5, 5.41) is 10.5. The maximum Gasteiger partial charge on any atom is 0.290 e. The van der Waals surface area contributed by atoms with E-state index in [9.17, 15) is 19.7 Å². The van der Waals surface area contributed by atoms with E-state index in [2.05, 4.69) is 0 Å². The Kier molecular flexibility index (Phi) is 2.57. The number of benzene rings is 1. The second kappa shape index (κ2) is 3.65. The van der Waals surface area contributed by atoms with Crippen LogP contribution in [0.4, 0.5) is 5.69 Å². The van der Waals surface area contributed by atoms with Crippen molar-refractivity contribution in [3.8, 4) is 0 Å². The average molecular weight is 194 g/mol. The molecule has 1 aromatic carbocycles. The minimum Gasteiger partial charge on any atom is -0.363 e. The van der Waals surface area contributed by atoms with Gasteiger partial charge in [-0.25, -0.2) is 0 Å². The van der Waals surface area contributed by atoms with E-state index in [-0.39, 0.29) is 5.56 Å². The first kappa shape index (κ1) is 9.85. The Morgan fingerprint density at radius 3 is 2.36 bits per heavy atom. The van der Waals surface area contributed by atoms with Crippen molar-refractivity contribution in [3.05, 3.63) is 39.9 Å². The fraction of sp³-hybridized carbons (Fsp3) is 0. The molecule has 6 nitrogen and oxygen atoms in total. The topological polar surface area (TPSA) is 103 Å². The van der Waals surface area contributed by atoms with Crippen molar-refractivity contribution in [3.63, 3.8) is 0 Å². The summed E-state index contributed by atoms with van der Waals surface area (Å²) in [6.45, 7) is 0. The van der Waals surface area contributed by atoms with Crippen LogP contribution >= 0.6 is 0 Å². The van der Waals surface area contributed by atoms with Crippen LogP contribution in [0.5, 0.6) is 0 Å². The molecule has 72 valence electrons. The van der Waals surface area contributed by atoms with Gasteiger partial charge in [-0.2, -0.15) is 0 Å². The first-order valence-corrected chi connectivity index (χ1v) is 3.61. The van der Waals surface area contributed by atoms with Gasteiger partial charge in [0.2, 0.25) is 0 Å². The highest BCUT2D eigenvalue weighted by atomic mass is 16.6. The van der Waals surface area contributed by atoms with Gasteiger partial charge in [0, 0.05) is 6.07 Å². The second-order valence-electron chi connectivity index (χ2n) is 2.47. The van der Waals surface area contributed by atoms with Crippen LogP contribution in [0.25, 0.3) is 0 Å². The number of hydrogen-bond acceptors (Lipinski definition) is 4. The molecule has 0 atom stereocenters. The number of nitrogens with zero attached hydrogens (tertiary/aromatic N) is 1. The van der Waals surface area contributed by atoms with E-state index in [4.69, 9.17) is 5.73 Å². The zero-order valence-electron chi connectivity index (χ0n) is 6.97. The maximum atomic E-state index is 11.1. The Labute approximate surface area is 78.5 Å². The lowest BCUT2D eigenvalue weighted by Crippen LogP contribution is -2.23. The maximum absolute atomic E-state index is 11.1. The van der Waals surface area contributed by atoms with Crippen molar-refractivity contribution in [1.82, 2.24) is 0 Å². The first-order chi connectivity index (χ1) is 6.54. The van der Waals surface area contributed by atoms with Crippen molar-refractivity contribution >= 4 is 17.4 Å². The molecular weight excluding hydrogens is 188 g/mol. The highest BCUT2D eigenvalue weighted by Gasteiger charge is 2.22. The number of nitrogens with two attached hydrogens (primary N) is 1. The van der Waals surface area contributed by atoms with E-state index < -0.39 is 22.3 Å². The zero-order chi connectivity index (χ0) is 10.7. The van der Waals surface area contributed by atoms with Crippen molar-refractivity contribution in [1.29, 1.82) is 0 Å². The lowest BCUT2D eigenvalue weighted by atomic mass is 10.1. The predicted octanol–water partition coefficient (Wildman–Crippen LogP) is 0.263. The summed E-state index contributed by atoms with van der Waals surface area (Å²) in [6, 6.07) is 5.14. The molecule has 0 fully saturated rings. The van der Waals surface area contributed by atoms with Crippen LogP contribution in [0.3, 0.4) is 0 Å². The van der Waals surface area contributed by atoms with E-state index >= 15 is 0 Å². The van der Waals surface area contributed by atoms with Gasteiger partial charge in [-0.05, 0) is 6.07 Å². The normalized spacial score (nSPS) is 9.43. The number of nitro groups is 1. The van der Waals surface area contributed by atoms with Crippen molar-refractivity contribution in [2.24, 2.45) is 5.73 Å². The first-order valence-electron chi connectivity index (χ1n) is 3.61. The van der Waals surface area contributed by atoms with Gasteiger partial charge in [0.15, 0.2) is 0 Å². The highest BCUT2D eigenvalue weighted by molar-refractivity contribution is 6.43. The van der Waals surface area contributed by atoms with Crippen molar-refractivity contribution in [2.75, 3.05) is 0 Å². The van der Waals surface area contributed by atoms with Gasteiger partial charge < -0.3 is 5.73 Å². The lowest BCUT2D eigenvalue weighted by molar-refractivity contribution is -0.385. The molecule has 0 unspecified atom stereocenters. The SMILES string of the molecule is NC(=O)C(=O)c1ccccc1[N+](=O)[O-]. The molecule has 6 heteroatoms. The lowest BCUT2D eigenvalue weighted by Gasteiger charge is -1.97. The Bertz CT molecular complexity index is 414. The van der Waals surface area contributed by atoms with Gasteiger partial charge in [-0.1, -0.05) is 12.1 Å². The van der Waals surface area contributed by atoms with Crippen LogP contribution in [0, 0.1) is 10.1 Å². The van der Waals surface area contributed by atoms with Crippen LogP contribution in [0.1, 0.15) is 10.4 Å². The third-order valence-corrected chi connectivity index (χ3v) is 1.57. The summed E-state index contributed by atoms with van der Waals surface area (Å²) >= 11 is 0. The number of carbonyl (C=O) groups excluding carboxylic acids is 2. The molecular formula is C8H6N2O4. The van der Waals surface area contributed by atoms with E-state index in [1.54, 1.807) is 0 Å². The minimum absolute atomic E-state index is 0.287. The third-order valence-electron chi connectivity index (χ3n) is 1.57. The van der Waals surface area contributed by atoms with Crippen LogP contribution in [0.2, 0.25) is 0 Å². The number of nitro benzene ring substituents is 1. The molecule has 0 bridgehead atoms. The van der Waals surface area contributed by atoms with E-state index in [1.165, 1.54) is 18.2 Å². The molecule has 1 aromatic rings. The summed E-state index contributed by atoms with van der Waals surface area (Å²) in [5.74, 6) is -2.27. The van der Waals surface area contributed by atoms with Gasteiger partial charge in [-0.15, -0.1) is 0 Å². The zero-order valence-corrected chi connectivity index (χ0v) is 6.97. The fourth-order valence-electron chi connectivity index (χ4n) is 0.958. The Morgan fingerprint density at radius 1 is 1.29 bits per heavy atom. The molecule has 2 N–H and O–H groups in total. The Hall–Kier alpha value is -2.24. The molecule has 1 rings (SSSR count). The minimum atomic E-state index is -1.21. The molecule has 0 saturated heterocycles. The molecule has 0 aliphatic carbocycles. The second-order valence-corrected chi connectivity index (χ2v) is 2.47. The van der Waals surface area contributed by atoms with E-state index in [0.29, 0.717) is 0 Å². The molecule has 14 heavy (non-hydrogen) atoms. The molecule has 0 aromatic heterocycles.